The summed E-state index contributed by atoms with van der Waals surface area (Å²) >= 11 is 0. The molecule has 0 amide bonds. The minimum Gasteiger partial charge on any atom is -0.481 e. The van der Waals surface area contributed by atoms with Crippen LogP contribution < -0.4 is 0 Å². The van der Waals surface area contributed by atoms with Gasteiger partial charge in [-0.3, -0.25) is 9.00 Å². The molecule has 2 aromatic carbocycles. The van der Waals surface area contributed by atoms with Gasteiger partial charge < -0.3 is 5.11 Å². The average Bonchev–Trinajstić information content (AvgIpc) is 2.43. The maximum absolute atomic E-state index is 12.4. The molecule has 21 heavy (non-hydrogen) atoms. The van der Waals surface area contributed by atoms with E-state index >= 15 is 0 Å². The SMILES string of the molecule is Cc1ccc(C)c(CS(=O)c2ccc(CC(=O)O)cc2)c1. The van der Waals surface area contributed by atoms with E-state index in [1.807, 2.05) is 26.0 Å². The van der Waals surface area contributed by atoms with E-state index in [0.29, 0.717) is 5.75 Å². The van der Waals surface area contributed by atoms with Gasteiger partial charge in [0.25, 0.3) is 0 Å². The molecule has 0 saturated heterocycles. The van der Waals surface area contributed by atoms with E-state index in [9.17, 15) is 9.00 Å². The Bertz CT molecular complexity index is 675. The smallest absolute Gasteiger partial charge is 0.307 e. The van der Waals surface area contributed by atoms with Crippen LogP contribution in [0.2, 0.25) is 0 Å². The minimum absolute atomic E-state index is 0.0100. The number of carboxylic acids is 1. The molecule has 0 saturated carbocycles. The molecular weight excluding hydrogens is 284 g/mol. The summed E-state index contributed by atoms with van der Waals surface area (Å²) in [5.41, 5.74) is 4.10. The monoisotopic (exact) mass is 302 g/mol. The standard InChI is InChI=1S/C17H18O3S/c1-12-3-4-13(2)15(9-12)11-21(20)16-7-5-14(6-8-16)10-17(18)19/h3-9H,10-11H2,1-2H3,(H,18,19). The molecule has 0 aliphatic heterocycles. The molecule has 1 unspecified atom stereocenters. The lowest BCUT2D eigenvalue weighted by Crippen LogP contribution is -2.02. The van der Waals surface area contributed by atoms with Gasteiger partial charge in [-0.25, -0.2) is 0 Å². The second-order valence-corrected chi connectivity index (χ2v) is 6.59. The number of hydrogen-bond donors (Lipinski definition) is 1. The second-order valence-electron chi connectivity index (χ2n) is 5.13. The quantitative estimate of drug-likeness (QED) is 0.922. The van der Waals surface area contributed by atoms with Crippen molar-refractivity contribution >= 4 is 16.8 Å². The molecule has 2 aromatic rings. The van der Waals surface area contributed by atoms with Gasteiger partial charge in [0, 0.05) is 4.90 Å². The van der Waals surface area contributed by atoms with Crippen LogP contribution in [0.1, 0.15) is 22.3 Å². The van der Waals surface area contributed by atoms with E-state index in [-0.39, 0.29) is 6.42 Å². The Balaban J connectivity index is 2.13. The largest absolute Gasteiger partial charge is 0.481 e. The molecule has 3 nitrogen and oxygen atoms in total. The molecule has 1 atom stereocenters. The van der Waals surface area contributed by atoms with Gasteiger partial charge in [0.15, 0.2) is 0 Å². The van der Waals surface area contributed by atoms with Crippen molar-refractivity contribution in [3.05, 3.63) is 64.7 Å². The highest BCUT2D eigenvalue weighted by Gasteiger charge is 2.08. The molecule has 0 heterocycles. The number of rotatable bonds is 5. The van der Waals surface area contributed by atoms with Crippen LogP contribution in [0, 0.1) is 13.8 Å². The van der Waals surface area contributed by atoms with Crippen LogP contribution in [0.4, 0.5) is 0 Å². The fourth-order valence-electron chi connectivity index (χ4n) is 2.11. The van der Waals surface area contributed by atoms with Crippen molar-refractivity contribution in [1.29, 1.82) is 0 Å². The third kappa shape index (κ3) is 4.26. The summed E-state index contributed by atoms with van der Waals surface area (Å²) in [6, 6.07) is 13.1. The maximum Gasteiger partial charge on any atom is 0.307 e. The van der Waals surface area contributed by atoms with E-state index in [2.05, 4.69) is 6.07 Å². The van der Waals surface area contributed by atoms with Gasteiger partial charge in [0.2, 0.25) is 0 Å². The van der Waals surface area contributed by atoms with E-state index in [1.165, 1.54) is 0 Å². The highest BCUT2D eigenvalue weighted by Crippen LogP contribution is 2.17. The summed E-state index contributed by atoms with van der Waals surface area (Å²) in [6.45, 7) is 4.04. The van der Waals surface area contributed by atoms with Crippen LogP contribution >= 0.6 is 0 Å². The van der Waals surface area contributed by atoms with Crippen molar-refractivity contribution < 1.29 is 14.1 Å². The Morgan fingerprint density at radius 2 is 1.76 bits per heavy atom. The van der Waals surface area contributed by atoms with E-state index in [1.54, 1.807) is 24.3 Å². The molecule has 0 aliphatic rings. The van der Waals surface area contributed by atoms with Crippen LogP contribution in [-0.4, -0.2) is 15.3 Å². The fourth-order valence-corrected chi connectivity index (χ4v) is 3.31. The van der Waals surface area contributed by atoms with Gasteiger partial charge in [-0.1, -0.05) is 35.9 Å². The predicted molar refractivity (Wildman–Crippen MR) is 83.8 cm³/mol. The average molecular weight is 302 g/mol. The van der Waals surface area contributed by atoms with E-state index in [0.717, 1.165) is 27.1 Å². The Labute approximate surface area is 127 Å². The van der Waals surface area contributed by atoms with Gasteiger partial charge in [-0.15, -0.1) is 0 Å². The molecule has 0 bridgehead atoms. The zero-order valence-corrected chi connectivity index (χ0v) is 12.9. The van der Waals surface area contributed by atoms with Gasteiger partial charge in [0.05, 0.1) is 23.0 Å². The Morgan fingerprint density at radius 3 is 2.38 bits per heavy atom. The van der Waals surface area contributed by atoms with Crippen molar-refractivity contribution in [3.63, 3.8) is 0 Å². The van der Waals surface area contributed by atoms with Crippen molar-refractivity contribution in [2.75, 3.05) is 0 Å². The van der Waals surface area contributed by atoms with Crippen LogP contribution in [0.25, 0.3) is 0 Å². The minimum atomic E-state index is -1.12. The van der Waals surface area contributed by atoms with Crippen molar-refractivity contribution in [1.82, 2.24) is 0 Å². The number of aryl methyl sites for hydroxylation is 2. The maximum atomic E-state index is 12.4. The lowest BCUT2D eigenvalue weighted by Gasteiger charge is -2.08. The summed E-state index contributed by atoms with van der Waals surface area (Å²) in [4.78, 5) is 11.4. The molecule has 4 heteroatoms. The third-order valence-corrected chi connectivity index (χ3v) is 4.70. The van der Waals surface area contributed by atoms with Crippen LogP contribution in [0.15, 0.2) is 47.4 Å². The molecule has 0 spiro atoms. The van der Waals surface area contributed by atoms with Gasteiger partial charge in [0.1, 0.15) is 0 Å². The van der Waals surface area contributed by atoms with Gasteiger partial charge in [-0.05, 0) is 42.7 Å². The molecule has 110 valence electrons. The number of hydrogen-bond acceptors (Lipinski definition) is 2. The fraction of sp³-hybridized carbons (Fsp3) is 0.235. The van der Waals surface area contributed by atoms with Crippen molar-refractivity contribution in [2.24, 2.45) is 0 Å². The molecular formula is C17H18O3S. The van der Waals surface area contributed by atoms with Gasteiger partial charge >= 0.3 is 5.97 Å². The lowest BCUT2D eigenvalue weighted by molar-refractivity contribution is -0.136. The van der Waals surface area contributed by atoms with Crippen molar-refractivity contribution in [3.8, 4) is 0 Å². The Kier molecular flexibility index (Phi) is 4.91. The van der Waals surface area contributed by atoms with Crippen molar-refractivity contribution in [2.45, 2.75) is 30.9 Å². The van der Waals surface area contributed by atoms with Crippen LogP contribution in [-0.2, 0) is 27.8 Å². The number of carboxylic acid groups (broad SMARTS) is 1. The molecule has 0 aromatic heterocycles. The lowest BCUT2D eigenvalue weighted by atomic mass is 10.1. The molecule has 1 N–H and O–H groups in total. The van der Waals surface area contributed by atoms with Crippen LogP contribution in [0.5, 0.6) is 0 Å². The zero-order valence-electron chi connectivity index (χ0n) is 12.1. The molecule has 0 aliphatic carbocycles. The number of aliphatic carboxylic acids is 1. The molecule has 2 rings (SSSR count). The highest BCUT2D eigenvalue weighted by atomic mass is 32.2. The normalized spacial score (nSPS) is 12.1. The van der Waals surface area contributed by atoms with Gasteiger partial charge in [-0.2, -0.15) is 0 Å². The second kappa shape index (κ2) is 6.68. The predicted octanol–water partition coefficient (Wildman–Crippen LogP) is 3.24. The summed E-state index contributed by atoms with van der Waals surface area (Å²) in [5.74, 6) is -0.384. The highest BCUT2D eigenvalue weighted by molar-refractivity contribution is 7.84. The Hall–Kier alpha value is -1.94. The Morgan fingerprint density at radius 1 is 1.10 bits per heavy atom. The third-order valence-electron chi connectivity index (χ3n) is 3.33. The first-order chi connectivity index (χ1) is 9.95. The molecule has 0 fully saturated rings. The molecule has 0 radical (unpaired) electrons. The van der Waals surface area contributed by atoms with Crippen LogP contribution in [0.3, 0.4) is 0 Å². The first-order valence-electron chi connectivity index (χ1n) is 6.71. The zero-order chi connectivity index (χ0) is 15.4. The summed E-state index contributed by atoms with van der Waals surface area (Å²) in [6.07, 6.45) is -0.0100. The summed E-state index contributed by atoms with van der Waals surface area (Å²) in [5, 5.41) is 8.74. The number of benzene rings is 2. The number of carbonyl (C=O) groups is 1. The van der Waals surface area contributed by atoms with E-state index in [4.69, 9.17) is 5.11 Å². The topological polar surface area (TPSA) is 54.4 Å². The summed E-state index contributed by atoms with van der Waals surface area (Å²) < 4.78 is 12.4. The first-order valence-corrected chi connectivity index (χ1v) is 8.03. The summed E-state index contributed by atoms with van der Waals surface area (Å²) in [7, 11) is -1.12. The van der Waals surface area contributed by atoms with E-state index < -0.39 is 16.8 Å². The first kappa shape index (κ1) is 15.4.